The Morgan fingerprint density at radius 2 is 1.00 bits per heavy atom. The number of nitrogens with zero attached hydrogens (tertiary/aromatic N) is 3. The van der Waals surface area contributed by atoms with Crippen LogP contribution in [0.2, 0.25) is 0 Å². The standard InChI is InChI=1S/C27H54N8O.C2HF3O2/c28-25(33-21-23-13-14-23)31-17-9-5-1-3-7-11-19-35(27(30)36)20-12-8-4-2-6-10-18-32-26(29)34-22-24-15-16-24;3-2(4,5)1(6)7/h23-24H,1-22H2,(H2,30,36)(H3,28,31,33)(H3,29,32,34);(H,6,7). The average molecular weight is 621 g/mol. The summed E-state index contributed by atoms with van der Waals surface area (Å²) in [5, 5.41) is 13.5. The lowest BCUT2D eigenvalue weighted by atomic mass is 10.1. The van der Waals surface area contributed by atoms with Crippen LogP contribution in [0, 0.1) is 11.8 Å². The van der Waals surface area contributed by atoms with Gasteiger partial charge >= 0.3 is 18.2 Å². The maximum atomic E-state index is 11.8. The van der Waals surface area contributed by atoms with Crippen molar-refractivity contribution in [2.45, 2.75) is 109 Å². The van der Waals surface area contributed by atoms with Crippen molar-refractivity contribution >= 4 is 23.9 Å². The molecule has 11 nitrogen and oxygen atoms in total. The molecular formula is C29H55F3N8O3. The molecule has 0 heterocycles. The number of hydrogen-bond acceptors (Lipinski definition) is 4. The highest BCUT2D eigenvalue weighted by atomic mass is 19.4. The third kappa shape index (κ3) is 24.2. The molecule has 14 heteroatoms. The third-order valence-electron chi connectivity index (χ3n) is 7.31. The van der Waals surface area contributed by atoms with Gasteiger partial charge in [0.1, 0.15) is 0 Å². The molecule has 0 spiro atoms. The number of hydrogen-bond donors (Lipinski definition) is 6. The van der Waals surface area contributed by atoms with Crippen LogP contribution in [0.3, 0.4) is 0 Å². The molecule has 0 unspecified atom stereocenters. The van der Waals surface area contributed by atoms with Gasteiger partial charge in [0.2, 0.25) is 0 Å². The molecule has 2 rings (SSSR count). The van der Waals surface area contributed by atoms with Crippen LogP contribution in [-0.2, 0) is 4.79 Å². The lowest BCUT2D eigenvalue weighted by Gasteiger charge is -2.20. The van der Waals surface area contributed by atoms with Crippen molar-refractivity contribution in [1.29, 1.82) is 0 Å². The number of unbranched alkanes of at least 4 members (excludes halogenated alkanes) is 10. The van der Waals surface area contributed by atoms with Gasteiger partial charge in [-0.25, -0.2) is 9.59 Å². The quantitative estimate of drug-likeness (QED) is 0.0591. The van der Waals surface area contributed by atoms with Gasteiger partial charge in [-0.15, -0.1) is 0 Å². The number of guanidine groups is 2. The van der Waals surface area contributed by atoms with Gasteiger partial charge in [0, 0.05) is 39.3 Å². The molecule has 2 saturated carbocycles. The van der Waals surface area contributed by atoms with E-state index in [-0.39, 0.29) is 6.03 Å². The highest BCUT2D eigenvalue weighted by molar-refractivity contribution is 5.78. The molecule has 0 aliphatic heterocycles. The van der Waals surface area contributed by atoms with E-state index in [1.807, 2.05) is 4.90 Å². The number of amides is 2. The number of halogens is 3. The lowest BCUT2D eigenvalue weighted by molar-refractivity contribution is -0.192. The molecule has 0 aromatic heterocycles. The molecule has 2 fully saturated rings. The maximum absolute atomic E-state index is 11.8. The summed E-state index contributed by atoms with van der Waals surface area (Å²) in [6.07, 6.45) is 13.9. The predicted molar refractivity (Wildman–Crippen MR) is 165 cm³/mol. The summed E-state index contributed by atoms with van der Waals surface area (Å²) in [5.41, 5.74) is 17.3. The average Bonchev–Trinajstić information content (AvgIpc) is 3.87. The molecule has 0 aromatic carbocycles. The van der Waals surface area contributed by atoms with Crippen LogP contribution in [-0.4, -0.2) is 79.4 Å². The van der Waals surface area contributed by atoms with Gasteiger partial charge in [-0.3, -0.25) is 9.98 Å². The Morgan fingerprint density at radius 3 is 1.30 bits per heavy atom. The Balaban J connectivity index is 0.00000117. The smallest absolute Gasteiger partial charge is 0.475 e. The minimum atomic E-state index is -5.08. The van der Waals surface area contributed by atoms with E-state index >= 15 is 0 Å². The number of carboxylic acid groups (broad SMARTS) is 1. The molecule has 0 bridgehead atoms. The molecule has 43 heavy (non-hydrogen) atoms. The molecule has 0 saturated heterocycles. The zero-order valence-electron chi connectivity index (χ0n) is 25.7. The van der Waals surface area contributed by atoms with Crippen molar-refractivity contribution in [3.8, 4) is 0 Å². The number of urea groups is 1. The topological polar surface area (TPSA) is 184 Å². The number of carbonyl (C=O) groups excluding carboxylic acids is 1. The first-order chi connectivity index (χ1) is 20.5. The van der Waals surface area contributed by atoms with Crippen molar-refractivity contribution in [3.05, 3.63) is 0 Å². The molecule has 0 aromatic rings. The summed E-state index contributed by atoms with van der Waals surface area (Å²) in [5.74, 6) is -0.0108. The van der Waals surface area contributed by atoms with Crippen molar-refractivity contribution in [1.82, 2.24) is 15.5 Å². The fraction of sp³-hybridized carbons (Fsp3) is 0.862. The summed E-state index contributed by atoms with van der Waals surface area (Å²) in [6.45, 7) is 5.12. The van der Waals surface area contributed by atoms with Crippen molar-refractivity contribution in [2.75, 3.05) is 39.3 Å². The van der Waals surface area contributed by atoms with Crippen LogP contribution < -0.4 is 27.8 Å². The van der Waals surface area contributed by atoms with Gasteiger partial charge in [-0.2, -0.15) is 13.2 Å². The molecule has 0 radical (unpaired) electrons. The van der Waals surface area contributed by atoms with E-state index in [1.165, 1.54) is 64.2 Å². The molecule has 2 amide bonds. The Bertz CT molecular complexity index is 786. The zero-order chi connectivity index (χ0) is 31.9. The van der Waals surface area contributed by atoms with E-state index in [0.717, 1.165) is 89.6 Å². The zero-order valence-corrected chi connectivity index (χ0v) is 25.7. The molecule has 9 N–H and O–H groups in total. The second-order valence-corrected chi connectivity index (χ2v) is 11.6. The van der Waals surface area contributed by atoms with Crippen molar-refractivity contribution < 1.29 is 27.9 Å². The van der Waals surface area contributed by atoms with E-state index in [1.54, 1.807) is 0 Å². The van der Waals surface area contributed by atoms with Crippen molar-refractivity contribution in [3.63, 3.8) is 0 Å². The number of carbonyl (C=O) groups is 2. The van der Waals surface area contributed by atoms with Crippen LogP contribution >= 0.6 is 0 Å². The van der Waals surface area contributed by atoms with Crippen LogP contribution in [0.25, 0.3) is 0 Å². The first kappa shape index (κ1) is 38.1. The first-order valence-electron chi connectivity index (χ1n) is 15.9. The van der Waals surface area contributed by atoms with Gasteiger partial charge < -0.3 is 37.8 Å². The summed E-state index contributed by atoms with van der Waals surface area (Å²) in [4.78, 5) is 31.2. The largest absolute Gasteiger partial charge is 0.490 e. The highest BCUT2D eigenvalue weighted by Crippen LogP contribution is 2.29. The van der Waals surface area contributed by atoms with E-state index < -0.39 is 12.1 Å². The summed E-state index contributed by atoms with van der Waals surface area (Å²) in [7, 11) is 0. The number of nitrogens with two attached hydrogens (primary N) is 3. The predicted octanol–water partition coefficient (Wildman–Crippen LogP) is 4.31. The summed E-state index contributed by atoms with van der Waals surface area (Å²) < 4.78 is 31.7. The van der Waals surface area contributed by atoms with Crippen LogP contribution in [0.1, 0.15) is 103 Å². The molecule has 2 aliphatic carbocycles. The second kappa shape index (κ2) is 22.6. The Kier molecular flexibility index (Phi) is 20.0. The molecular weight excluding hydrogens is 565 g/mol. The number of nitrogens with one attached hydrogen (secondary N) is 2. The molecule has 0 atom stereocenters. The van der Waals surface area contributed by atoms with Gasteiger partial charge in [-0.1, -0.05) is 51.4 Å². The van der Waals surface area contributed by atoms with Crippen molar-refractivity contribution in [2.24, 2.45) is 39.0 Å². The SMILES string of the molecule is NC(=O)N(CCCCCCCCNC(N)=NCC1CC1)CCCCCCCCNC(N)=NCC1CC1.O=C(O)C(F)(F)F. The fourth-order valence-electron chi connectivity index (χ4n) is 4.20. The van der Waals surface area contributed by atoms with Crippen LogP contribution in [0.5, 0.6) is 0 Å². The van der Waals surface area contributed by atoms with Crippen LogP contribution in [0.4, 0.5) is 18.0 Å². The lowest BCUT2D eigenvalue weighted by Crippen LogP contribution is -2.37. The van der Waals surface area contributed by atoms with Gasteiger partial charge in [0.05, 0.1) is 0 Å². The first-order valence-corrected chi connectivity index (χ1v) is 15.9. The molecule has 2 aliphatic rings. The Labute approximate surface area is 254 Å². The van der Waals surface area contributed by atoms with Gasteiger partial charge in [-0.05, 0) is 63.2 Å². The maximum Gasteiger partial charge on any atom is 0.490 e. The minimum absolute atomic E-state index is 0.283. The normalized spacial score (nSPS) is 15.4. The summed E-state index contributed by atoms with van der Waals surface area (Å²) >= 11 is 0. The van der Waals surface area contributed by atoms with E-state index in [4.69, 9.17) is 27.1 Å². The fourth-order valence-corrected chi connectivity index (χ4v) is 4.20. The Morgan fingerprint density at radius 1 is 0.674 bits per heavy atom. The highest BCUT2D eigenvalue weighted by Gasteiger charge is 2.38. The molecule has 250 valence electrons. The van der Waals surface area contributed by atoms with E-state index in [2.05, 4.69) is 20.6 Å². The van der Waals surface area contributed by atoms with Gasteiger partial charge in [0.15, 0.2) is 11.9 Å². The Hall–Kier alpha value is -2.93. The minimum Gasteiger partial charge on any atom is -0.475 e. The number of carboxylic acids is 1. The number of aliphatic carboxylic acids is 1. The number of primary amides is 1. The monoisotopic (exact) mass is 620 g/mol. The van der Waals surface area contributed by atoms with Gasteiger partial charge in [0.25, 0.3) is 0 Å². The number of rotatable bonds is 22. The van der Waals surface area contributed by atoms with E-state index in [0.29, 0.717) is 11.9 Å². The van der Waals surface area contributed by atoms with Crippen LogP contribution in [0.15, 0.2) is 9.98 Å². The second-order valence-electron chi connectivity index (χ2n) is 11.6. The number of aliphatic imine (C=N–C) groups is 2. The van der Waals surface area contributed by atoms with E-state index in [9.17, 15) is 18.0 Å². The summed E-state index contributed by atoms with van der Waals surface area (Å²) in [6, 6.07) is -0.283. The number of alkyl halides is 3. The third-order valence-corrected chi connectivity index (χ3v) is 7.31.